The molecule has 0 unspecified atom stereocenters. The maximum Gasteiger partial charge on any atom is 0.419 e. The molecule has 6 heteroatoms. The van der Waals surface area contributed by atoms with E-state index in [0.717, 1.165) is 16.7 Å². The van der Waals surface area contributed by atoms with Gasteiger partial charge in [0, 0.05) is 5.38 Å². The zero-order valence-electron chi connectivity index (χ0n) is 5.07. The van der Waals surface area contributed by atoms with E-state index in [1.807, 2.05) is 0 Å². The average molecular weight is 246 g/mol. The molecule has 0 radical (unpaired) electrons. The number of halogens is 4. The maximum absolute atomic E-state index is 12.0. The predicted octanol–water partition coefficient (Wildman–Crippen LogP) is 3.11. The van der Waals surface area contributed by atoms with Gasteiger partial charge in [-0.2, -0.15) is 13.2 Å². The van der Waals surface area contributed by atoms with E-state index in [4.69, 9.17) is 5.73 Å². The molecule has 0 spiro atoms. The molecular formula is C5H3BrF3NS. The monoisotopic (exact) mass is 245 g/mol. The lowest BCUT2D eigenvalue weighted by atomic mass is 10.3. The van der Waals surface area contributed by atoms with Crippen LogP contribution in [0.2, 0.25) is 0 Å². The fraction of sp³-hybridized carbons (Fsp3) is 0.200. The molecule has 0 saturated heterocycles. The Labute approximate surface area is 73.1 Å². The van der Waals surface area contributed by atoms with E-state index in [1.165, 1.54) is 0 Å². The van der Waals surface area contributed by atoms with Gasteiger partial charge in [-0.3, -0.25) is 0 Å². The Morgan fingerprint density at radius 1 is 1.45 bits per heavy atom. The Bertz CT molecular complexity index is 267. The number of hydrogen-bond donors (Lipinski definition) is 1. The second-order valence-corrected chi connectivity index (χ2v) is 4.03. The van der Waals surface area contributed by atoms with Crippen molar-refractivity contribution >= 4 is 33.0 Å². The molecule has 0 aromatic carbocycles. The number of anilines is 1. The van der Waals surface area contributed by atoms with Gasteiger partial charge in [0.25, 0.3) is 0 Å². The van der Waals surface area contributed by atoms with Crippen LogP contribution < -0.4 is 5.73 Å². The molecule has 1 heterocycles. The van der Waals surface area contributed by atoms with E-state index in [0.29, 0.717) is 3.79 Å². The van der Waals surface area contributed by atoms with Crippen LogP contribution in [0.1, 0.15) is 5.56 Å². The van der Waals surface area contributed by atoms with Crippen molar-refractivity contribution in [2.75, 3.05) is 5.73 Å². The second kappa shape index (κ2) is 2.67. The number of thiophene rings is 1. The molecule has 1 aromatic heterocycles. The summed E-state index contributed by atoms with van der Waals surface area (Å²) in [7, 11) is 0. The highest BCUT2D eigenvalue weighted by Gasteiger charge is 2.34. The summed E-state index contributed by atoms with van der Waals surface area (Å²) in [5.41, 5.74) is 4.13. The van der Waals surface area contributed by atoms with E-state index >= 15 is 0 Å². The van der Waals surface area contributed by atoms with Crippen LogP contribution in [0.25, 0.3) is 0 Å². The summed E-state index contributed by atoms with van der Waals surface area (Å²) >= 11 is 3.83. The van der Waals surface area contributed by atoms with Gasteiger partial charge in [0.1, 0.15) is 0 Å². The van der Waals surface area contributed by atoms with E-state index in [9.17, 15) is 13.2 Å². The molecule has 0 amide bonds. The van der Waals surface area contributed by atoms with Crippen LogP contribution in [0.5, 0.6) is 0 Å². The number of rotatable bonds is 0. The summed E-state index contributed by atoms with van der Waals surface area (Å²) in [6, 6.07) is 0. The molecule has 0 atom stereocenters. The van der Waals surface area contributed by atoms with E-state index in [2.05, 4.69) is 15.9 Å². The second-order valence-electron chi connectivity index (χ2n) is 1.83. The molecule has 1 aromatic rings. The van der Waals surface area contributed by atoms with Crippen LogP contribution in [0.3, 0.4) is 0 Å². The molecule has 62 valence electrons. The third-order valence-corrected chi connectivity index (χ3v) is 2.86. The van der Waals surface area contributed by atoms with E-state index in [1.54, 1.807) is 0 Å². The standard InChI is InChI=1S/C5H3BrF3NS/c6-4-3(10)2(1-11-4)5(7,8)9/h1H,10H2. The summed E-state index contributed by atoms with van der Waals surface area (Å²) in [5, 5.41) is 0.986. The highest BCUT2D eigenvalue weighted by Crippen LogP contribution is 2.40. The van der Waals surface area contributed by atoms with Crippen molar-refractivity contribution in [3.63, 3.8) is 0 Å². The summed E-state index contributed by atoms with van der Waals surface area (Å²) in [6.07, 6.45) is -4.34. The zero-order chi connectivity index (χ0) is 8.65. The molecule has 1 rings (SSSR count). The summed E-state index contributed by atoms with van der Waals surface area (Å²) < 4.78 is 36.2. The Morgan fingerprint density at radius 3 is 2.18 bits per heavy atom. The van der Waals surface area contributed by atoms with Crippen LogP contribution in [0.15, 0.2) is 9.17 Å². The highest BCUT2D eigenvalue weighted by atomic mass is 79.9. The van der Waals surface area contributed by atoms with Gasteiger partial charge in [-0.25, -0.2) is 0 Å². The van der Waals surface area contributed by atoms with Crippen LogP contribution in [-0.4, -0.2) is 0 Å². The molecule has 1 nitrogen and oxygen atoms in total. The lowest BCUT2D eigenvalue weighted by Crippen LogP contribution is -2.06. The molecule has 2 N–H and O–H groups in total. The van der Waals surface area contributed by atoms with Crippen molar-refractivity contribution in [1.82, 2.24) is 0 Å². The Balaban J connectivity index is 3.15. The molecule has 0 aliphatic rings. The van der Waals surface area contributed by atoms with Crippen molar-refractivity contribution < 1.29 is 13.2 Å². The van der Waals surface area contributed by atoms with Crippen molar-refractivity contribution in [2.45, 2.75) is 6.18 Å². The van der Waals surface area contributed by atoms with Gasteiger partial charge in [-0.15, -0.1) is 11.3 Å². The molecule has 0 saturated carbocycles. The summed E-state index contributed by atoms with van der Waals surface area (Å²) in [6.45, 7) is 0. The third-order valence-electron chi connectivity index (χ3n) is 1.09. The Kier molecular flexibility index (Phi) is 2.15. The first-order chi connectivity index (χ1) is 4.93. The smallest absolute Gasteiger partial charge is 0.397 e. The fourth-order valence-corrected chi connectivity index (χ4v) is 1.78. The first kappa shape index (κ1) is 8.86. The van der Waals surface area contributed by atoms with Gasteiger partial charge in [0.15, 0.2) is 0 Å². The summed E-state index contributed by atoms with van der Waals surface area (Å²) in [4.78, 5) is 0. The Morgan fingerprint density at radius 2 is 2.00 bits per heavy atom. The molecule has 0 aliphatic heterocycles. The Hall–Kier alpha value is -0.230. The van der Waals surface area contributed by atoms with Crippen LogP contribution >= 0.6 is 27.3 Å². The summed E-state index contributed by atoms with van der Waals surface area (Å²) in [5.74, 6) is 0. The first-order valence-electron chi connectivity index (χ1n) is 2.52. The number of nitrogens with two attached hydrogens (primary N) is 1. The third kappa shape index (κ3) is 1.67. The lowest BCUT2D eigenvalue weighted by Gasteiger charge is -2.03. The van der Waals surface area contributed by atoms with Crippen LogP contribution in [-0.2, 0) is 6.18 Å². The molecule has 0 fully saturated rings. The SMILES string of the molecule is Nc1c(C(F)(F)F)csc1Br. The fourth-order valence-electron chi connectivity index (χ4n) is 0.563. The largest absolute Gasteiger partial charge is 0.419 e. The van der Waals surface area contributed by atoms with Crippen molar-refractivity contribution in [3.05, 3.63) is 14.7 Å². The van der Waals surface area contributed by atoms with Crippen molar-refractivity contribution in [1.29, 1.82) is 0 Å². The molecular weight excluding hydrogens is 243 g/mol. The van der Waals surface area contributed by atoms with Crippen molar-refractivity contribution in [3.8, 4) is 0 Å². The minimum Gasteiger partial charge on any atom is -0.397 e. The molecule has 11 heavy (non-hydrogen) atoms. The van der Waals surface area contributed by atoms with Gasteiger partial charge in [-0.05, 0) is 15.9 Å². The number of hydrogen-bond acceptors (Lipinski definition) is 2. The van der Waals surface area contributed by atoms with Gasteiger partial charge in [0.05, 0.1) is 15.0 Å². The van der Waals surface area contributed by atoms with Gasteiger partial charge >= 0.3 is 6.18 Å². The van der Waals surface area contributed by atoms with Gasteiger partial charge in [-0.1, -0.05) is 0 Å². The number of alkyl halides is 3. The average Bonchev–Trinajstić information content (AvgIpc) is 2.11. The minimum atomic E-state index is -4.34. The van der Waals surface area contributed by atoms with Gasteiger partial charge in [0.2, 0.25) is 0 Å². The van der Waals surface area contributed by atoms with Crippen molar-refractivity contribution in [2.24, 2.45) is 0 Å². The normalized spacial score (nSPS) is 12.0. The number of nitrogen functional groups attached to an aromatic ring is 1. The van der Waals surface area contributed by atoms with E-state index < -0.39 is 11.7 Å². The quantitative estimate of drug-likeness (QED) is 0.747. The van der Waals surface area contributed by atoms with Crippen LogP contribution in [0, 0.1) is 0 Å². The lowest BCUT2D eigenvalue weighted by molar-refractivity contribution is -0.136. The molecule has 0 bridgehead atoms. The van der Waals surface area contributed by atoms with Gasteiger partial charge < -0.3 is 5.73 Å². The topological polar surface area (TPSA) is 26.0 Å². The molecule has 0 aliphatic carbocycles. The minimum absolute atomic E-state index is 0.234. The predicted molar refractivity (Wildman–Crippen MR) is 41.4 cm³/mol. The first-order valence-corrected chi connectivity index (χ1v) is 4.20. The maximum atomic E-state index is 12.0. The zero-order valence-corrected chi connectivity index (χ0v) is 7.48. The van der Waals surface area contributed by atoms with Crippen LogP contribution in [0.4, 0.5) is 18.9 Å². The van der Waals surface area contributed by atoms with E-state index in [-0.39, 0.29) is 5.69 Å². The highest BCUT2D eigenvalue weighted by molar-refractivity contribution is 9.11.